The van der Waals surface area contributed by atoms with Crippen molar-refractivity contribution in [2.24, 2.45) is 0 Å². The molecule has 2 unspecified atom stereocenters. The van der Waals surface area contributed by atoms with Crippen LogP contribution in [0, 0.1) is 6.92 Å². The van der Waals surface area contributed by atoms with E-state index >= 15 is 0 Å². The molecule has 3 nitrogen and oxygen atoms in total. The number of benzene rings is 1. The smallest absolute Gasteiger partial charge is 0.323 e. The monoisotopic (exact) mass is 307 g/mol. The SMILES string of the molecule is Cc1cccc(CSC(C)CC(C)(NC2CC2)C(=O)O)c1. The maximum Gasteiger partial charge on any atom is 0.323 e. The lowest BCUT2D eigenvalue weighted by molar-refractivity contribution is -0.144. The van der Waals surface area contributed by atoms with Crippen LogP contribution in [0.1, 0.15) is 44.2 Å². The predicted molar refractivity (Wildman–Crippen MR) is 88.8 cm³/mol. The van der Waals surface area contributed by atoms with Crippen LogP contribution in [0.2, 0.25) is 0 Å². The Hall–Kier alpha value is -1.00. The summed E-state index contributed by atoms with van der Waals surface area (Å²) in [6.45, 7) is 6.03. The zero-order valence-electron chi connectivity index (χ0n) is 13.1. The molecule has 0 aliphatic heterocycles. The van der Waals surface area contributed by atoms with Crippen LogP contribution >= 0.6 is 11.8 Å². The second-order valence-electron chi connectivity index (χ2n) is 6.37. The van der Waals surface area contributed by atoms with Crippen LogP contribution in [-0.2, 0) is 10.5 Å². The molecule has 2 rings (SSSR count). The van der Waals surface area contributed by atoms with Crippen molar-refractivity contribution in [2.75, 3.05) is 0 Å². The third kappa shape index (κ3) is 5.04. The number of aliphatic carboxylic acids is 1. The summed E-state index contributed by atoms with van der Waals surface area (Å²) in [5.74, 6) is 0.194. The molecular weight excluding hydrogens is 282 g/mol. The molecule has 0 radical (unpaired) electrons. The molecule has 1 aromatic carbocycles. The van der Waals surface area contributed by atoms with Crippen LogP contribution in [0.4, 0.5) is 0 Å². The van der Waals surface area contributed by atoms with Crippen LogP contribution in [0.5, 0.6) is 0 Å². The molecule has 2 N–H and O–H groups in total. The number of aryl methyl sites for hydroxylation is 1. The first kappa shape index (κ1) is 16.4. The van der Waals surface area contributed by atoms with Gasteiger partial charge in [0.2, 0.25) is 0 Å². The van der Waals surface area contributed by atoms with Gasteiger partial charge in [0.1, 0.15) is 5.54 Å². The number of carbonyl (C=O) groups is 1. The van der Waals surface area contributed by atoms with E-state index in [1.807, 2.05) is 18.7 Å². The second-order valence-corrected chi connectivity index (χ2v) is 7.80. The van der Waals surface area contributed by atoms with Gasteiger partial charge in [-0.15, -0.1) is 0 Å². The summed E-state index contributed by atoms with van der Waals surface area (Å²) in [4.78, 5) is 11.6. The van der Waals surface area contributed by atoms with Crippen molar-refractivity contribution < 1.29 is 9.90 Å². The Morgan fingerprint density at radius 1 is 1.52 bits per heavy atom. The molecule has 1 aliphatic carbocycles. The third-order valence-electron chi connectivity index (χ3n) is 3.88. The van der Waals surface area contributed by atoms with Gasteiger partial charge in [-0.05, 0) is 38.7 Å². The molecule has 0 aromatic heterocycles. The minimum Gasteiger partial charge on any atom is -0.480 e. The van der Waals surface area contributed by atoms with E-state index in [-0.39, 0.29) is 0 Å². The average Bonchev–Trinajstić information content (AvgIpc) is 3.20. The number of rotatable bonds is 8. The number of hydrogen-bond acceptors (Lipinski definition) is 3. The third-order valence-corrected chi connectivity index (χ3v) is 5.12. The quantitative estimate of drug-likeness (QED) is 0.770. The summed E-state index contributed by atoms with van der Waals surface area (Å²) in [5.41, 5.74) is 1.77. The Balaban J connectivity index is 1.87. The summed E-state index contributed by atoms with van der Waals surface area (Å²) < 4.78 is 0. The van der Waals surface area contributed by atoms with E-state index in [1.165, 1.54) is 11.1 Å². The number of hydrogen-bond donors (Lipinski definition) is 2. The Kier molecular flexibility index (Phi) is 5.33. The standard InChI is InChI=1S/C17H25NO2S/c1-12-5-4-6-14(9-12)11-21-13(2)10-17(3,16(19)20)18-15-7-8-15/h4-6,9,13,15,18H,7-8,10-11H2,1-3H3,(H,19,20). The van der Waals surface area contributed by atoms with Crippen molar-refractivity contribution in [2.45, 2.75) is 62.6 Å². The van der Waals surface area contributed by atoms with E-state index < -0.39 is 11.5 Å². The maximum absolute atomic E-state index is 11.6. The lowest BCUT2D eigenvalue weighted by Gasteiger charge is -2.29. The van der Waals surface area contributed by atoms with E-state index in [0.29, 0.717) is 17.7 Å². The van der Waals surface area contributed by atoms with Crippen molar-refractivity contribution in [3.05, 3.63) is 35.4 Å². The topological polar surface area (TPSA) is 49.3 Å². The molecular formula is C17H25NO2S. The van der Waals surface area contributed by atoms with E-state index in [9.17, 15) is 9.90 Å². The molecule has 1 aliphatic rings. The minimum absolute atomic E-state index is 0.304. The molecule has 116 valence electrons. The first-order valence-corrected chi connectivity index (χ1v) is 8.62. The molecule has 1 saturated carbocycles. The van der Waals surface area contributed by atoms with Gasteiger partial charge in [-0.1, -0.05) is 36.8 Å². The van der Waals surface area contributed by atoms with Gasteiger partial charge in [0, 0.05) is 17.0 Å². The minimum atomic E-state index is -0.805. The summed E-state index contributed by atoms with van der Waals surface area (Å²) in [6.07, 6.45) is 2.86. The van der Waals surface area contributed by atoms with Crippen LogP contribution in [0.15, 0.2) is 24.3 Å². The number of thioether (sulfide) groups is 1. The zero-order chi connectivity index (χ0) is 15.5. The molecule has 4 heteroatoms. The fourth-order valence-corrected chi connectivity index (χ4v) is 3.67. The lowest BCUT2D eigenvalue weighted by Crippen LogP contribution is -2.52. The molecule has 0 bridgehead atoms. The normalized spacial score (nSPS) is 19.0. The molecule has 2 atom stereocenters. The van der Waals surface area contributed by atoms with E-state index in [2.05, 4.69) is 43.4 Å². The largest absolute Gasteiger partial charge is 0.480 e. The van der Waals surface area contributed by atoms with Crippen LogP contribution in [0.25, 0.3) is 0 Å². The molecule has 1 aromatic rings. The van der Waals surface area contributed by atoms with Gasteiger partial charge in [-0.25, -0.2) is 0 Å². The summed E-state index contributed by atoms with van der Waals surface area (Å²) in [7, 11) is 0. The fourth-order valence-electron chi connectivity index (χ4n) is 2.56. The van der Waals surface area contributed by atoms with Gasteiger partial charge in [0.25, 0.3) is 0 Å². The van der Waals surface area contributed by atoms with Gasteiger partial charge in [0.15, 0.2) is 0 Å². The number of carboxylic acid groups (broad SMARTS) is 1. The van der Waals surface area contributed by atoms with Gasteiger partial charge in [-0.2, -0.15) is 11.8 Å². The first-order valence-electron chi connectivity index (χ1n) is 7.57. The molecule has 0 heterocycles. The highest BCUT2D eigenvalue weighted by Gasteiger charge is 2.39. The van der Waals surface area contributed by atoms with E-state index in [4.69, 9.17) is 0 Å². The zero-order valence-corrected chi connectivity index (χ0v) is 13.9. The molecule has 0 spiro atoms. The maximum atomic E-state index is 11.6. The van der Waals surface area contributed by atoms with Crippen molar-refractivity contribution in [1.29, 1.82) is 0 Å². The molecule has 21 heavy (non-hydrogen) atoms. The molecule has 1 fully saturated rings. The van der Waals surface area contributed by atoms with E-state index in [1.54, 1.807) is 0 Å². The van der Waals surface area contributed by atoms with Crippen molar-refractivity contribution >= 4 is 17.7 Å². The average molecular weight is 307 g/mol. The number of nitrogens with one attached hydrogen (secondary N) is 1. The summed E-state index contributed by atoms with van der Waals surface area (Å²) in [5, 5.41) is 13.1. The van der Waals surface area contributed by atoms with Crippen molar-refractivity contribution in [3.8, 4) is 0 Å². The van der Waals surface area contributed by atoms with Crippen LogP contribution < -0.4 is 5.32 Å². The Bertz CT molecular complexity index is 501. The van der Waals surface area contributed by atoms with Gasteiger partial charge < -0.3 is 5.11 Å². The first-order chi connectivity index (χ1) is 9.89. The lowest BCUT2D eigenvalue weighted by atomic mass is 9.96. The summed E-state index contributed by atoms with van der Waals surface area (Å²) >= 11 is 1.83. The highest BCUT2D eigenvalue weighted by molar-refractivity contribution is 7.99. The highest BCUT2D eigenvalue weighted by atomic mass is 32.2. The van der Waals surface area contributed by atoms with Crippen molar-refractivity contribution in [1.82, 2.24) is 5.32 Å². The summed E-state index contributed by atoms with van der Waals surface area (Å²) in [6, 6.07) is 8.90. The second kappa shape index (κ2) is 6.84. The van der Waals surface area contributed by atoms with Crippen LogP contribution in [-0.4, -0.2) is 27.9 Å². The Morgan fingerprint density at radius 2 is 2.24 bits per heavy atom. The van der Waals surface area contributed by atoms with Gasteiger partial charge >= 0.3 is 5.97 Å². The predicted octanol–water partition coefficient (Wildman–Crippen LogP) is 3.60. The molecule has 0 saturated heterocycles. The van der Waals surface area contributed by atoms with Crippen LogP contribution in [0.3, 0.4) is 0 Å². The number of carboxylic acids is 1. The fraction of sp³-hybridized carbons (Fsp3) is 0.588. The molecule has 0 amide bonds. The van der Waals surface area contributed by atoms with E-state index in [0.717, 1.165) is 18.6 Å². The Labute approximate surface area is 131 Å². The van der Waals surface area contributed by atoms with Gasteiger partial charge in [0.05, 0.1) is 0 Å². The Morgan fingerprint density at radius 3 is 2.81 bits per heavy atom. The van der Waals surface area contributed by atoms with Gasteiger partial charge in [-0.3, -0.25) is 10.1 Å². The highest BCUT2D eigenvalue weighted by Crippen LogP contribution is 2.29. The van der Waals surface area contributed by atoms with Crippen molar-refractivity contribution in [3.63, 3.8) is 0 Å².